The van der Waals surface area contributed by atoms with Crippen LogP contribution in [0.25, 0.3) is 0 Å². The number of nitrogens with two attached hydrogens (primary N) is 1. The number of sulfonamides is 2. The molecule has 0 saturated heterocycles. The molecule has 0 saturated carbocycles. The van der Waals surface area contributed by atoms with Crippen LogP contribution in [-0.4, -0.2) is 27.9 Å². The Bertz CT molecular complexity index is 967. The largest absolute Gasteiger partial charge is 0.478 e. The van der Waals surface area contributed by atoms with Crippen LogP contribution in [0, 0.1) is 0 Å². The average molecular weight is 370 g/mol. The first-order valence-corrected chi connectivity index (χ1v) is 9.58. The van der Waals surface area contributed by atoms with Gasteiger partial charge in [-0.2, -0.15) is 0 Å². The number of carbonyl (C=O) groups is 1. The van der Waals surface area contributed by atoms with Crippen LogP contribution in [0.2, 0.25) is 0 Å². The van der Waals surface area contributed by atoms with Crippen LogP contribution in [-0.2, 0) is 26.6 Å². The van der Waals surface area contributed by atoms with Gasteiger partial charge in [0.2, 0.25) is 20.0 Å². The van der Waals surface area contributed by atoms with E-state index in [-0.39, 0.29) is 21.9 Å². The van der Waals surface area contributed by atoms with E-state index in [1.165, 1.54) is 48.5 Å². The van der Waals surface area contributed by atoms with Crippen molar-refractivity contribution in [1.29, 1.82) is 0 Å². The summed E-state index contributed by atoms with van der Waals surface area (Å²) >= 11 is 0. The van der Waals surface area contributed by atoms with Crippen LogP contribution in [0.1, 0.15) is 15.9 Å². The monoisotopic (exact) mass is 370 g/mol. The molecule has 24 heavy (non-hydrogen) atoms. The zero-order valence-electron chi connectivity index (χ0n) is 12.2. The molecule has 2 aromatic rings. The lowest BCUT2D eigenvalue weighted by atomic mass is 10.2. The number of carboxylic acid groups (broad SMARTS) is 1. The highest BCUT2D eigenvalue weighted by atomic mass is 32.2. The second-order valence-electron chi connectivity index (χ2n) is 4.81. The van der Waals surface area contributed by atoms with E-state index in [1.807, 2.05) is 0 Å². The van der Waals surface area contributed by atoms with Crippen LogP contribution >= 0.6 is 0 Å². The predicted octanol–water partition coefficient (Wildman–Crippen LogP) is 0.511. The second-order valence-corrected chi connectivity index (χ2v) is 8.11. The number of primary sulfonamides is 1. The fourth-order valence-corrected chi connectivity index (χ4v) is 3.66. The molecule has 0 amide bonds. The number of rotatable bonds is 6. The van der Waals surface area contributed by atoms with Crippen LogP contribution in [0.5, 0.6) is 0 Å². The van der Waals surface area contributed by atoms with Crippen molar-refractivity contribution in [3.05, 3.63) is 59.7 Å². The highest BCUT2D eigenvalue weighted by molar-refractivity contribution is 7.89. The first kappa shape index (κ1) is 18.1. The van der Waals surface area contributed by atoms with Gasteiger partial charge in [0.25, 0.3) is 0 Å². The minimum atomic E-state index is -4.05. The summed E-state index contributed by atoms with van der Waals surface area (Å²) in [6, 6.07) is 10.6. The summed E-state index contributed by atoms with van der Waals surface area (Å²) in [6.07, 6.45) is 0. The number of nitrogens with one attached hydrogen (secondary N) is 1. The summed E-state index contributed by atoms with van der Waals surface area (Å²) in [5.74, 6) is -1.35. The summed E-state index contributed by atoms with van der Waals surface area (Å²) in [5, 5.41) is 14.0. The molecular formula is C14H14N2O6S2. The van der Waals surface area contributed by atoms with Gasteiger partial charge in [0.1, 0.15) is 0 Å². The Hall–Kier alpha value is -2.27. The third-order valence-electron chi connectivity index (χ3n) is 3.13. The first-order valence-electron chi connectivity index (χ1n) is 6.55. The van der Waals surface area contributed by atoms with E-state index in [4.69, 9.17) is 10.2 Å². The fourth-order valence-electron chi connectivity index (χ4n) is 1.93. The van der Waals surface area contributed by atoms with Crippen molar-refractivity contribution in [1.82, 2.24) is 4.72 Å². The Morgan fingerprint density at radius 1 is 1.00 bits per heavy atom. The molecular weight excluding hydrogens is 356 g/mol. The van der Waals surface area contributed by atoms with E-state index in [1.54, 1.807) is 0 Å². The normalized spacial score (nSPS) is 12.0. The topological polar surface area (TPSA) is 144 Å². The molecule has 10 heteroatoms. The van der Waals surface area contributed by atoms with Crippen molar-refractivity contribution in [3.8, 4) is 0 Å². The molecule has 0 atom stereocenters. The van der Waals surface area contributed by atoms with Crippen LogP contribution in [0.15, 0.2) is 58.3 Å². The minimum absolute atomic E-state index is 0.0923. The van der Waals surface area contributed by atoms with Gasteiger partial charge < -0.3 is 5.11 Å². The average Bonchev–Trinajstić information content (AvgIpc) is 2.52. The van der Waals surface area contributed by atoms with Gasteiger partial charge in [-0.3, -0.25) is 0 Å². The van der Waals surface area contributed by atoms with Crippen molar-refractivity contribution in [3.63, 3.8) is 0 Å². The van der Waals surface area contributed by atoms with Gasteiger partial charge in [0, 0.05) is 6.54 Å². The zero-order valence-corrected chi connectivity index (χ0v) is 13.8. The van der Waals surface area contributed by atoms with Gasteiger partial charge in [-0.15, -0.1) is 0 Å². The van der Waals surface area contributed by atoms with Crippen molar-refractivity contribution >= 4 is 26.0 Å². The minimum Gasteiger partial charge on any atom is -0.478 e. The number of aromatic carboxylic acids is 1. The number of benzene rings is 2. The molecule has 128 valence electrons. The van der Waals surface area contributed by atoms with Crippen LogP contribution in [0.4, 0.5) is 0 Å². The summed E-state index contributed by atoms with van der Waals surface area (Å²) in [7, 11) is -7.87. The van der Waals surface area contributed by atoms with Crippen molar-refractivity contribution in [2.24, 2.45) is 5.14 Å². The predicted molar refractivity (Wildman–Crippen MR) is 85.2 cm³/mol. The van der Waals surface area contributed by atoms with Crippen molar-refractivity contribution in [2.75, 3.05) is 0 Å². The molecule has 0 aliphatic heterocycles. The van der Waals surface area contributed by atoms with E-state index in [9.17, 15) is 21.6 Å². The summed E-state index contributed by atoms with van der Waals surface area (Å²) in [6.45, 7) is -0.138. The maximum absolute atomic E-state index is 12.3. The van der Waals surface area contributed by atoms with Crippen LogP contribution in [0.3, 0.4) is 0 Å². The molecule has 2 aromatic carbocycles. The zero-order chi connectivity index (χ0) is 18.0. The maximum Gasteiger partial charge on any atom is 0.337 e. The molecule has 0 aliphatic carbocycles. The maximum atomic E-state index is 12.3. The van der Waals surface area contributed by atoms with E-state index < -0.39 is 26.0 Å². The first-order chi connectivity index (χ1) is 11.1. The summed E-state index contributed by atoms with van der Waals surface area (Å²) in [5.41, 5.74) is 0.147. The molecule has 4 N–H and O–H groups in total. The fraction of sp³-hybridized carbons (Fsp3) is 0.0714. The summed E-state index contributed by atoms with van der Waals surface area (Å²) in [4.78, 5) is 10.7. The Kier molecular flexibility index (Phi) is 5.04. The molecule has 0 aromatic heterocycles. The number of hydrogen-bond donors (Lipinski definition) is 3. The van der Waals surface area contributed by atoms with E-state index >= 15 is 0 Å². The van der Waals surface area contributed by atoms with Gasteiger partial charge in [-0.1, -0.05) is 24.3 Å². The van der Waals surface area contributed by atoms with Crippen molar-refractivity contribution in [2.45, 2.75) is 16.3 Å². The number of carboxylic acids is 1. The molecule has 0 radical (unpaired) electrons. The molecule has 8 nitrogen and oxygen atoms in total. The Balaban J connectivity index is 2.21. The van der Waals surface area contributed by atoms with E-state index in [0.717, 1.165) is 0 Å². The SMILES string of the molecule is NS(=O)(=O)c1ccc(CNS(=O)(=O)c2ccccc2C(=O)O)cc1. The highest BCUT2D eigenvalue weighted by Crippen LogP contribution is 2.16. The third-order valence-corrected chi connectivity index (χ3v) is 5.51. The quantitative estimate of drug-likeness (QED) is 0.676. The Labute approximate surface area is 139 Å². The highest BCUT2D eigenvalue weighted by Gasteiger charge is 2.21. The Morgan fingerprint density at radius 3 is 2.12 bits per heavy atom. The molecule has 0 spiro atoms. The van der Waals surface area contributed by atoms with E-state index in [0.29, 0.717) is 5.56 Å². The van der Waals surface area contributed by atoms with Crippen LogP contribution < -0.4 is 9.86 Å². The smallest absolute Gasteiger partial charge is 0.337 e. The lowest BCUT2D eigenvalue weighted by Gasteiger charge is -2.09. The molecule has 0 fully saturated rings. The molecule has 0 aliphatic rings. The van der Waals surface area contributed by atoms with Gasteiger partial charge in [0.15, 0.2) is 0 Å². The molecule has 2 rings (SSSR count). The number of hydrogen-bond acceptors (Lipinski definition) is 5. The standard InChI is InChI=1S/C14H14N2O6S2/c15-23(19,20)11-7-5-10(6-8-11)9-16-24(21,22)13-4-2-1-3-12(13)14(17)18/h1-8,16H,9H2,(H,17,18)(H2,15,19,20). The van der Waals surface area contributed by atoms with Gasteiger partial charge in [-0.25, -0.2) is 31.5 Å². The molecule has 0 heterocycles. The van der Waals surface area contributed by atoms with Gasteiger partial charge >= 0.3 is 5.97 Å². The van der Waals surface area contributed by atoms with Crippen molar-refractivity contribution < 1.29 is 26.7 Å². The third kappa shape index (κ3) is 4.17. The van der Waals surface area contributed by atoms with Gasteiger partial charge in [0.05, 0.1) is 15.4 Å². The summed E-state index contributed by atoms with van der Waals surface area (Å²) < 4.78 is 49.1. The lowest BCUT2D eigenvalue weighted by molar-refractivity contribution is 0.0692. The lowest BCUT2D eigenvalue weighted by Crippen LogP contribution is -2.25. The second kappa shape index (κ2) is 6.69. The van der Waals surface area contributed by atoms with E-state index in [2.05, 4.69) is 4.72 Å². The Morgan fingerprint density at radius 2 is 1.58 bits per heavy atom. The molecule has 0 bridgehead atoms. The molecule has 0 unspecified atom stereocenters. The van der Waals surface area contributed by atoms with Gasteiger partial charge in [-0.05, 0) is 29.8 Å².